The first-order valence-electron chi connectivity index (χ1n) is 8.90. The Morgan fingerprint density at radius 3 is 1.33 bits per heavy atom. The van der Waals surface area contributed by atoms with Crippen LogP contribution in [0.3, 0.4) is 0 Å². The van der Waals surface area contributed by atoms with Gasteiger partial charge < -0.3 is 0 Å². The molecule has 0 saturated heterocycles. The fourth-order valence-corrected chi connectivity index (χ4v) is 6.24. The standard InChI is InChI=1S/C24H17NPS/c27-26-23-15-7-3-11-19(23)17-9-1-5-13-21(17)25-22-14-6-2-10-18(22)20-12-4-8-16-24(20)26/h1-16,27H/q+1. The van der Waals surface area contributed by atoms with Gasteiger partial charge in [0.25, 0.3) is 0 Å². The maximum atomic E-state index is 5.14. The predicted octanol–water partition coefficient (Wildman–Crippen LogP) is 7.78. The Bertz CT molecular complexity index is 1290. The van der Waals surface area contributed by atoms with Gasteiger partial charge in [-0.3, -0.25) is 0 Å². The van der Waals surface area contributed by atoms with Crippen LogP contribution >= 0.6 is 19.0 Å². The third-order valence-electron chi connectivity index (χ3n) is 4.89. The van der Waals surface area contributed by atoms with E-state index >= 15 is 0 Å². The molecular formula is C24H17NPS+. The predicted molar refractivity (Wildman–Crippen MR) is 123 cm³/mol. The van der Waals surface area contributed by atoms with Crippen molar-refractivity contribution < 1.29 is 0 Å². The van der Waals surface area contributed by atoms with Crippen LogP contribution in [0.2, 0.25) is 0 Å². The van der Waals surface area contributed by atoms with Crippen LogP contribution < -0.4 is 0 Å². The van der Waals surface area contributed by atoms with Gasteiger partial charge in [-0.1, -0.05) is 60.7 Å². The van der Waals surface area contributed by atoms with Crippen LogP contribution in [0.15, 0.2) is 97.1 Å². The van der Waals surface area contributed by atoms with Crippen LogP contribution in [-0.4, -0.2) is 4.98 Å². The summed E-state index contributed by atoms with van der Waals surface area (Å²) in [6, 6.07) is 33.9. The zero-order chi connectivity index (χ0) is 18.2. The van der Waals surface area contributed by atoms with E-state index in [0.29, 0.717) is 0 Å². The molecule has 0 bridgehead atoms. The van der Waals surface area contributed by atoms with Crippen LogP contribution in [0.25, 0.3) is 42.8 Å². The van der Waals surface area contributed by atoms with Gasteiger partial charge in [0, 0.05) is 21.5 Å². The molecule has 0 fully saturated rings. The zero-order valence-electron chi connectivity index (χ0n) is 14.6. The summed E-state index contributed by atoms with van der Waals surface area (Å²) in [5, 5.41) is 7.28. The number of benzene rings is 4. The van der Waals surface area contributed by atoms with E-state index in [1.54, 1.807) is 0 Å². The summed E-state index contributed by atoms with van der Waals surface area (Å²) in [4.78, 5) is 5.07. The maximum Gasteiger partial charge on any atom is 0.208 e. The number of para-hydroxylation sites is 2. The molecule has 1 heterocycles. The molecule has 0 aliphatic heterocycles. The first kappa shape index (κ1) is 16.5. The van der Waals surface area contributed by atoms with Gasteiger partial charge in [0.15, 0.2) is 10.2 Å². The van der Waals surface area contributed by atoms with E-state index in [1.165, 1.54) is 21.0 Å². The number of rotatable bonds is 0. The van der Waals surface area contributed by atoms with Crippen molar-refractivity contribution in [3.8, 4) is 0 Å². The second kappa shape index (κ2) is 6.81. The van der Waals surface area contributed by atoms with Gasteiger partial charge in [-0.25, -0.2) is 4.98 Å². The minimum absolute atomic E-state index is 0.792. The molecule has 0 aliphatic carbocycles. The molecule has 3 heteroatoms. The summed E-state index contributed by atoms with van der Waals surface area (Å²) < 4.78 is 0. The van der Waals surface area contributed by atoms with E-state index in [-0.39, 0.29) is 0 Å². The van der Waals surface area contributed by atoms with Crippen LogP contribution in [0.1, 0.15) is 0 Å². The van der Waals surface area contributed by atoms with Crippen molar-refractivity contribution in [3.05, 3.63) is 97.1 Å². The monoisotopic (exact) mass is 382 g/mol. The lowest BCUT2D eigenvalue weighted by molar-refractivity contribution is 1.52. The molecule has 5 aromatic rings. The highest BCUT2D eigenvalue weighted by Gasteiger charge is 2.14. The molecule has 5 rings (SSSR count). The largest absolute Gasteiger partial charge is 0.248 e. The highest BCUT2D eigenvalue weighted by Crippen LogP contribution is 2.47. The van der Waals surface area contributed by atoms with Gasteiger partial charge in [-0.15, -0.1) is 0 Å². The lowest BCUT2D eigenvalue weighted by Gasteiger charge is -2.01. The molecule has 0 spiro atoms. The summed E-state index contributed by atoms with van der Waals surface area (Å²) in [6.07, 6.45) is 0. The Hall–Kier alpha value is -2.67. The molecule has 0 atom stereocenters. The zero-order valence-corrected chi connectivity index (χ0v) is 16.4. The van der Waals surface area contributed by atoms with Crippen molar-refractivity contribution in [1.82, 2.24) is 4.98 Å². The average molecular weight is 382 g/mol. The lowest BCUT2D eigenvalue weighted by atomic mass is 10.1. The summed E-state index contributed by atoms with van der Waals surface area (Å²) >= 11 is 5.14. The third kappa shape index (κ3) is 2.82. The van der Waals surface area contributed by atoms with E-state index in [9.17, 15) is 0 Å². The number of thiol groups is 1. The van der Waals surface area contributed by atoms with Gasteiger partial charge in [0.1, 0.15) is 0 Å². The molecule has 128 valence electrons. The molecule has 0 unspecified atom stereocenters. The maximum absolute atomic E-state index is 5.14. The molecule has 0 amide bonds. The highest BCUT2D eigenvalue weighted by molar-refractivity contribution is 8.45. The van der Waals surface area contributed by atoms with Gasteiger partial charge in [0.05, 0.1) is 23.3 Å². The highest BCUT2D eigenvalue weighted by atomic mass is 32.7. The first-order valence-corrected chi connectivity index (χ1v) is 11.4. The topological polar surface area (TPSA) is 12.9 Å². The van der Waals surface area contributed by atoms with Crippen molar-refractivity contribution in [1.29, 1.82) is 0 Å². The van der Waals surface area contributed by atoms with Gasteiger partial charge >= 0.3 is 0 Å². The Balaban J connectivity index is 2.24. The van der Waals surface area contributed by atoms with E-state index in [4.69, 9.17) is 17.2 Å². The molecule has 0 saturated carbocycles. The van der Waals surface area contributed by atoms with Crippen LogP contribution in [0.4, 0.5) is 0 Å². The quantitative estimate of drug-likeness (QED) is 0.270. The molecule has 27 heavy (non-hydrogen) atoms. The molecule has 4 aromatic carbocycles. The fraction of sp³-hybridized carbons (Fsp3) is 0. The smallest absolute Gasteiger partial charge is 0.208 e. The molecular weight excluding hydrogens is 365 g/mol. The minimum atomic E-state index is -0.792. The second-order valence-corrected chi connectivity index (χ2v) is 9.28. The SMILES string of the molecule is S[p+]1c2ccccc2c2ccccc2nc2ccccc2c2ccccc21. The first-order chi connectivity index (χ1) is 13.3. The van der Waals surface area contributed by atoms with Crippen molar-refractivity contribution in [2.75, 3.05) is 0 Å². The van der Waals surface area contributed by atoms with Crippen molar-refractivity contribution >= 4 is 61.8 Å². The molecule has 0 N–H and O–H groups in total. The number of hydrogen-bond donors (Lipinski definition) is 1. The van der Waals surface area contributed by atoms with E-state index in [1.807, 2.05) is 0 Å². The summed E-state index contributed by atoms with van der Waals surface area (Å²) in [6.45, 7) is -0.792. The minimum Gasteiger partial charge on any atom is -0.248 e. The number of aromatic nitrogens is 1. The number of hydrogen-bond acceptors (Lipinski definition) is 2. The lowest BCUT2D eigenvalue weighted by Crippen LogP contribution is -1.80. The van der Waals surface area contributed by atoms with Crippen LogP contribution in [0, 0.1) is 0 Å². The Kier molecular flexibility index (Phi) is 4.16. The normalized spacial score (nSPS) is 11.1. The van der Waals surface area contributed by atoms with Crippen molar-refractivity contribution in [3.63, 3.8) is 0 Å². The average Bonchev–Trinajstić information content (AvgIpc) is 2.74. The third-order valence-corrected chi connectivity index (χ3v) is 7.88. The Morgan fingerprint density at radius 2 is 0.852 bits per heavy atom. The number of fused-ring (bicyclic) bond motifs is 6. The van der Waals surface area contributed by atoms with Gasteiger partial charge in [0.2, 0.25) is 6.74 Å². The summed E-state index contributed by atoms with van der Waals surface area (Å²) in [7, 11) is 0. The Morgan fingerprint density at radius 1 is 0.481 bits per heavy atom. The second-order valence-electron chi connectivity index (χ2n) is 6.49. The molecule has 1 nitrogen and oxygen atoms in total. The Labute approximate surface area is 163 Å². The van der Waals surface area contributed by atoms with Gasteiger partial charge in [-0.05, 0) is 36.4 Å². The van der Waals surface area contributed by atoms with E-state index in [2.05, 4.69) is 97.1 Å². The number of nitrogens with zero attached hydrogens (tertiary/aromatic N) is 1. The van der Waals surface area contributed by atoms with E-state index in [0.717, 1.165) is 21.8 Å². The molecule has 1 aromatic heterocycles. The van der Waals surface area contributed by atoms with E-state index < -0.39 is 6.74 Å². The van der Waals surface area contributed by atoms with Gasteiger partial charge in [-0.2, -0.15) is 0 Å². The fourth-order valence-electron chi connectivity index (χ4n) is 3.63. The summed E-state index contributed by atoms with van der Waals surface area (Å²) in [5.41, 5.74) is 1.99. The summed E-state index contributed by atoms with van der Waals surface area (Å²) in [5.74, 6) is 0. The van der Waals surface area contributed by atoms with Crippen LogP contribution in [0.5, 0.6) is 0 Å². The van der Waals surface area contributed by atoms with Crippen molar-refractivity contribution in [2.45, 2.75) is 0 Å². The van der Waals surface area contributed by atoms with Crippen LogP contribution in [-0.2, 0) is 0 Å². The molecule has 0 radical (unpaired) electrons. The molecule has 0 aliphatic rings. The van der Waals surface area contributed by atoms with Crippen molar-refractivity contribution in [2.24, 2.45) is 0 Å².